The van der Waals surface area contributed by atoms with Crippen molar-refractivity contribution in [3.8, 4) is 0 Å². The van der Waals surface area contributed by atoms with Crippen molar-refractivity contribution >= 4 is 61.9 Å². The number of amides is 1. The third kappa shape index (κ3) is 5.84. The quantitative estimate of drug-likeness (QED) is 0.425. The summed E-state index contributed by atoms with van der Waals surface area (Å²) < 4.78 is 27.7. The molecule has 2 heterocycles. The largest absolute Gasteiger partial charge is 0.452 e. The Hall–Kier alpha value is -2.79. The van der Waals surface area contributed by atoms with E-state index in [2.05, 4.69) is 5.32 Å². The Labute approximate surface area is 175 Å². The van der Waals surface area contributed by atoms with Crippen LogP contribution >= 0.6 is 22.7 Å². The third-order valence-corrected chi connectivity index (χ3v) is 6.29. The summed E-state index contributed by atoms with van der Waals surface area (Å²) in [7, 11) is -3.81. The van der Waals surface area contributed by atoms with Gasteiger partial charge in [0.1, 0.15) is 0 Å². The van der Waals surface area contributed by atoms with Crippen molar-refractivity contribution in [1.82, 2.24) is 0 Å². The minimum atomic E-state index is -3.81. The number of primary sulfonamides is 1. The predicted octanol–water partition coefficient (Wildman–Crippen LogP) is 3.18. The number of carbonyl (C=O) groups is 2. The monoisotopic (exact) mass is 448 g/mol. The van der Waals surface area contributed by atoms with Gasteiger partial charge in [0.2, 0.25) is 10.0 Å². The number of hydrogen-bond acceptors (Lipinski definition) is 7. The summed E-state index contributed by atoms with van der Waals surface area (Å²) in [4.78, 5) is 26.2. The number of thiophene rings is 2. The number of hydrogen-bond donors (Lipinski definition) is 2. The van der Waals surface area contributed by atoms with Crippen LogP contribution in [0.3, 0.4) is 0 Å². The number of esters is 1. The zero-order valence-corrected chi connectivity index (χ0v) is 17.4. The van der Waals surface area contributed by atoms with Gasteiger partial charge in [-0.1, -0.05) is 12.1 Å². The molecular weight excluding hydrogens is 432 g/mol. The molecule has 0 aliphatic carbocycles. The molecule has 2 aromatic heterocycles. The van der Waals surface area contributed by atoms with Gasteiger partial charge in [0.25, 0.3) is 5.91 Å². The molecule has 3 aromatic rings. The fraction of sp³-hybridized carbons (Fsp3) is 0.0526. The van der Waals surface area contributed by atoms with Crippen LogP contribution < -0.4 is 10.5 Å². The first-order valence-electron chi connectivity index (χ1n) is 8.22. The maximum absolute atomic E-state index is 12.5. The molecule has 0 aliphatic rings. The summed E-state index contributed by atoms with van der Waals surface area (Å²) in [6.45, 7) is -0.483. The van der Waals surface area contributed by atoms with Gasteiger partial charge in [-0.3, -0.25) is 4.79 Å². The highest BCUT2D eigenvalue weighted by atomic mass is 32.2. The SMILES string of the molecule is NS(=O)(=O)c1ccc(NC(=O)COC(=O)/C(=C\c2cccs2)c2cccs2)cc1. The van der Waals surface area contributed by atoms with E-state index in [1.165, 1.54) is 46.9 Å². The average molecular weight is 449 g/mol. The number of anilines is 1. The number of carbonyl (C=O) groups excluding carboxylic acids is 2. The Morgan fingerprint density at radius 2 is 1.72 bits per heavy atom. The standard InChI is InChI=1S/C19H16N2O5S3/c20-29(24,25)15-7-5-13(6-8-15)21-18(22)12-26-19(23)16(17-4-2-10-28-17)11-14-3-1-9-27-14/h1-11H,12H2,(H,21,22)(H2,20,24,25)/b16-11-. The fourth-order valence-corrected chi connectivity index (χ4v) is 4.21. The maximum atomic E-state index is 12.5. The van der Waals surface area contributed by atoms with E-state index in [1.54, 1.807) is 12.1 Å². The van der Waals surface area contributed by atoms with E-state index in [1.807, 2.05) is 29.0 Å². The molecule has 3 N–H and O–H groups in total. The molecule has 0 spiro atoms. The van der Waals surface area contributed by atoms with Gasteiger partial charge in [-0.15, -0.1) is 22.7 Å². The minimum absolute atomic E-state index is 0.0683. The van der Waals surface area contributed by atoms with E-state index in [9.17, 15) is 18.0 Å². The number of nitrogens with two attached hydrogens (primary N) is 1. The molecule has 3 rings (SSSR count). The van der Waals surface area contributed by atoms with Gasteiger partial charge in [-0.25, -0.2) is 18.4 Å². The van der Waals surface area contributed by atoms with E-state index < -0.39 is 28.5 Å². The van der Waals surface area contributed by atoms with Gasteiger partial charge >= 0.3 is 5.97 Å². The van der Waals surface area contributed by atoms with Gasteiger partial charge < -0.3 is 10.1 Å². The van der Waals surface area contributed by atoms with Crippen molar-refractivity contribution in [3.63, 3.8) is 0 Å². The van der Waals surface area contributed by atoms with Gasteiger partial charge in [0, 0.05) is 15.4 Å². The summed E-state index contributed by atoms with van der Waals surface area (Å²) in [5, 5.41) is 11.3. The van der Waals surface area contributed by atoms with Gasteiger partial charge in [-0.2, -0.15) is 0 Å². The van der Waals surface area contributed by atoms with E-state index in [-0.39, 0.29) is 4.90 Å². The van der Waals surface area contributed by atoms with Crippen molar-refractivity contribution in [3.05, 3.63) is 69.0 Å². The second kappa shape index (κ2) is 9.14. The van der Waals surface area contributed by atoms with Crippen molar-refractivity contribution in [2.45, 2.75) is 4.90 Å². The number of ether oxygens (including phenoxy) is 1. The van der Waals surface area contributed by atoms with Gasteiger partial charge in [-0.05, 0) is 53.2 Å². The third-order valence-electron chi connectivity index (χ3n) is 3.64. The first-order valence-corrected chi connectivity index (χ1v) is 11.5. The average Bonchev–Trinajstić information content (AvgIpc) is 3.37. The van der Waals surface area contributed by atoms with E-state index in [0.29, 0.717) is 11.3 Å². The molecule has 1 amide bonds. The van der Waals surface area contributed by atoms with E-state index in [0.717, 1.165) is 9.75 Å². The Morgan fingerprint density at radius 1 is 1.03 bits per heavy atom. The first-order chi connectivity index (χ1) is 13.8. The van der Waals surface area contributed by atoms with Gasteiger partial charge in [0.15, 0.2) is 6.61 Å². The summed E-state index contributed by atoms with van der Waals surface area (Å²) >= 11 is 2.88. The molecule has 150 valence electrons. The molecule has 7 nitrogen and oxygen atoms in total. The van der Waals surface area contributed by atoms with Crippen LogP contribution in [0, 0.1) is 0 Å². The maximum Gasteiger partial charge on any atom is 0.340 e. The lowest BCUT2D eigenvalue weighted by Crippen LogP contribution is -2.21. The second-order valence-corrected chi connectivity index (χ2v) is 9.23. The van der Waals surface area contributed by atoms with E-state index in [4.69, 9.17) is 9.88 Å². The summed E-state index contributed by atoms with van der Waals surface area (Å²) in [5.74, 6) is -1.16. The summed E-state index contributed by atoms with van der Waals surface area (Å²) in [5.41, 5.74) is 0.721. The molecule has 0 unspecified atom stereocenters. The van der Waals surface area contributed by atoms with Crippen LogP contribution in [0.25, 0.3) is 11.6 Å². The molecule has 0 radical (unpaired) electrons. The lowest BCUT2D eigenvalue weighted by molar-refractivity contribution is -0.141. The van der Waals surface area contributed by atoms with Crippen molar-refractivity contribution in [2.75, 3.05) is 11.9 Å². The van der Waals surface area contributed by atoms with Crippen molar-refractivity contribution in [1.29, 1.82) is 0 Å². The second-order valence-electron chi connectivity index (χ2n) is 5.74. The van der Waals surface area contributed by atoms with Crippen molar-refractivity contribution in [2.24, 2.45) is 5.14 Å². The van der Waals surface area contributed by atoms with Crippen LogP contribution in [0.2, 0.25) is 0 Å². The van der Waals surface area contributed by atoms with Crippen LogP contribution in [-0.4, -0.2) is 26.9 Å². The molecule has 0 fully saturated rings. The number of rotatable bonds is 7. The highest BCUT2D eigenvalue weighted by Crippen LogP contribution is 2.25. The Morgan fingerprint density at radius 3 is 2.31 bits per heavy atom. The molecule has 0 aliphatic heterocycles. The topological polar surface area (TPSA) is 116 Å². The smallest absolute Gasteiger partial charge is 0.340 e. The number of benzene rings is 1. The van der Waals surface area contributed by atoms with Gasteiger partial charge in [0.05, 0.1) is 10.5 Å². The number of nitrogens with one attached hydrogen (secondary N) is 1. The summed E-state index contributed by atoms with van der Waals surface area (Å²) in [6, 6.07) is 12.7. The predicted molar refractivity (Wildman–Crippen MR) is 114 cm³/mol. The molecular formula is C19H16N2O5S3. The lowest BCUT2D eigenvalue weighted by Gasteiger charge is -2.08. The van der Waals surface area contributed by atoms with Crippen LogP contribution in [0.1, 0.15) is 9.75 Å². The highest BCUT2D eigenvalue weighted by Gasteiger charge is 2.17. The summed E-state index contributed by atoms with van der Waals surface area (Å²) in [6.07, 6.45) is 1.72. The van der Waals surface area contributed by atoms with Crippen LogP contribution in [-0.2, 0) is 24.3 Å². The van der Waals surface area contributed by atoms with Crippen LogP contribution in [0.15, 0.2) is 64.2 Å². The Balaban J connectivity index is 1.63. The zero-order chi connectivity index (χ0) is 20.9. The Kier molecular flexibility index (Phi) is 6.60. The van der Waals surface area contributed by atoms with Crippen LogP contribution in [0.4, 0.5) is 5.69 Å². The highest BCUT2D eigenvalue weighted by molar-refractivity contribution is 7.89. The molecule has 29 heavy (non-hydrogen) atoms. The lowest BCUT2D eigenvalue weighted by atomic mass is 10.2. The fourth-order valence-electron chi connectivity index (χ4n) is 2.31. The molecule has 0 bridgehead atoms. The molecule has 0 saturated carbocycles. The molecule has 0 atom stereocenters. The Bertz CT molecular complexity index is 1120. The van der Waals surface area contributed by atoms with E-state index >= 15 is 0 Å². The van der Waals surface area contributed by atoms with Crippen LogP contribution in [0.5, 0.6) is 0 Å². The minimum Gasteiger partial charge on any atom is -0.452 e. The molecule has 1 aromatic carbocycles. The zero-order valence-electron chi connectivity index (χ0n) is 14.9. The molecule has 0 saturated heterocycles. The normalized spacial score (nSPS) is 11.8. The van der Waals surface area contributed by atoms with Crippen molar-refractivity contribution < 1.29 is 22.7 Å². The number of sulfonamides is 1. The molecule has 10 heteroatoms. The first kappa shape index (κ1) is 20.9.